The van der Waals surface area contributed by atoms with Gasteiger partial charge in [-0.3, -0.25) is 0 Å². The zero-order valence-corrected chi connectivity index (χ0v) is 13.7. The predicted molar refractivity (Wildman–Crippen MR) is 82.9 cm³/mol. The van der Waals surface area contributed by atoms with Crippen molar-refractivity contribution in [3.63, 3.8) is 0 Å². The Labute approximate surface area is 125 Å². The number of carbonyl (C=O) groups is 1. The lowest BCUT2D eigenvalue weighted by Gasteiger charge is -2.47. The summed E-state index contributed by atoms with van der Waals surface area (Å²) in [5.74, 6) is 0. The fraction of sp³-hybridized carbons (Fsp3) is 0.733. The number of thiazole rings is 1. The van der Waals surface area contributed by atoms with Crippen molar-refractivity contribution in [2.24, 2.45) is 5.41 Å². The molecule has 1 aromatic rings. The van der Waals surface area contributed by atoms with Crippen molar-refractivity contribution in [2.75, 3.05) is 6.54 Å². The van der Waals surface area contributed by atoms with E-state index in [1.807, 2.05) is 18.0 Å². The highest BCUT2D eigenvalue weighted by molar-refractivity contribution is 7.11. The average molecular weight is 295 g/mol. The van der Waals surface area contributed by atoms with Gasteiger partial charge in [-0.25, -0.2) is 9.78 Å². The van der Waals surface area contributed by atoms with E-state index in [2.05, 4.69) is 31.1 Å². The van der Waals surface area contributed by atoms with Gasteiger partial charge in [0.05, 0.1) is 6.54 Å². The van der Waals surface area contributed by atoms with Gasteiger partial charge in [0, 0.05) is 23.7 Å². The largest absolute Gasteiger partial charge is 0.331 e. The third-order valence-corrected chi connectivity index (χ3v) is 5.10. The van der Waals surface area contributed by atoms with Gasteiger partial charge in [0.15, 0.2) is 0 Å². The molecule has 2 amide bonds. The second kappa shape index (κ2) is 6.12. The Morgan fingerprint density at radius 2 is 2.20 bits per heavy atom. The molecule has 1 saturated carbocycles. The van der Waals surface area contributed by atoms with Crippen LogP contribution in [-0.2, 0) is 13.0 Å². The van der Waals surface area contributed by atoms with E-state index in [-0.39, 0.29) is 6.03 Å². The van der Waals surface area contributed by atoms with E-state index < -0.39 is 0 Å². The molecule has 112 valence electrons. The normalized spacial score (nSPS) is 17.6. The molecule has 0 bridgehead atoms. The molecule has 1 fully saturated rings. The third-order valence-electron chi connectivity index (χ3n) is 3.96. The van der Waals surface area contributed by atoms with Crippen molar-refractivity contribution >= 4 is 17.4 Å². The lowest BCUT2D eigenvalue weighted by Crippen LogP contribution is -2.53. The molecule has 1 aliphatic rings. The maximum Gasteiger partial charge on any atom is 0.317 e. The zero-order valence-electron chi connectivity index (χ0n) is 12.9. The summed E-state index contributed by atoms with van der Waals surface area (Å²) in [7, 11) is 0. The molecule has 0 spiro atoms. The Hall–Kier alpha value is -1.10. The zero-order chi connectivity index (χ0) is 14.8. The highest BCUT2D eigenvalue weighted by atomic mass is 32.1. The van der Waals surface area contributed by atoms with Crippen LogP contribution in [0.15, 0.2) is 6.20 Å². The van der Waals surface area contributed by atoms with Gasteiger partial charge in [-0.15, -0.1) is 11.3 Å². The van der Waals surface area contributed by atoms with Crippen LogP contribution in [0.4, 0.5) is 4.79 Å². The molecule has 0 radical (unpaired) electrons. The van der Waals surface area contributed by atoms with Crippen molar-refractivity contribution in [3.05, 3.63) is 16.1 Å². The molecule has 0 atom stereocenters. The van der Waals surface area contributed by atoms with Crippen LogP contribution in [0.3, 0.4) is 0 Å². The van der Waals surface area contributed by atoms with E-state index in [4.69, 9.17) is 0 Å². The number of nitrogens with one attached hydrogen (secondary N) is 1. The first-order chi connectivity index (χ1) is 9.45. The second-order valence-corrected chi connectivity index (χ2v) is 7.44. The number of rotatable bonds is 5. The molecule has 2 rings (SSSR count). The lowest BCUT2D eigenvalue weighted by atomic mass is 9.68. The van der Waals surface area contributed by atoms with E-state index in [1.54, 1.807) is 11.3 Å². The van der Waals surface area contributed by atoms with Gasteiger partial charge in [0.2, 0.25) is 0 Å². The van der Waals surface area contributed by atoms with Gasteiger partial charge >= 0.3 is 6.03 Å². The summed E-state index contributed by atoms with van der Waals surface area (Å²) in [5, 5.41) is 3.99. The Morgan fingerprint density at radius 1 is 1.50 bits per heavy atom. The molecule has 1 heterocycles. The molecule has 1 aliphatic carbocycles. The highest BCUT2D eigenvalue weighted by Crippen LogP contribution is 2.42. The van der Waals surface area contributed by atoms with Crippen molar-refractivity contribution < 1.29 is 4.79 Å². The number of urea groups is 1. The van der Waals surface area contributed by atoms with Gasteiger partial charge < -0.3 is 10.2 Å². The van der Waals surface area contributed by atoms with Crippen molar-refractivity contribution in [3.8, 4) is 0 Å². The smallest absolute Gasteiger partial charge is 0.317 e. The molecule has 1 aromatic heterocycles. The quantitative estimate of drug-likeness (QED) is 0.904. The molecule has 0 unspecified atom stereocenters. The van der Waals surface area contributed by atoms with E-state index in [0.717, 1.165) is 30.8 Å². The standard InChI is InChI=1S/C15H25N3OS/c1-5-12-9-16-13(20-12)10-17-14(19)18(6-2)11-7-15(3,4)8-11/h9,11H,5-8,10H2,1-4H3,(H,17,19). The van der Waals surface area contributed by atoms with E-state index >= 15 is 0 Å². The van der Waals surface area contributed by atoms with E-state index in [9.17, 15) is 4.79 Å². The van der Waals surface area contributed by atoms with Crippen LogP contribution < -0.4 is 5.32 Å². The summed E-state index contributed by atoms with van der Waals surface area (Å²) in [6, 6.07) is 0.443. The SMILES string of the molecule is CCc1cnc(CNC(=O)N(CC)C2CC(C)(C)C2)s1. The van der Waals surface area contributed by atoms with Crippen molar-refractivity contribution in [1.82, 2.24) is 15.2 Å². The number of carbonyl (C=O) groups excluding carboxylic acids is 1. The molecule has 20 heavy (non-hydrogen) atoms. The number of aromatic nitrogens is 1. The summed E-state index contributed by atoms with van der Waals surface area (Å²) in [6.07, 6.45) is 5.11. The minimum Gasteiger partial charge on any atom is -0.331 e. The minimum atomic E-state index is 0.0428. The summed E-state index contributed by atoms with van der Waals surface area (Å²) in [5.41, 5.74) is 0.393. The first kappa shape index (κ1) is 15.3. The summed E-state index contributed by atoms with van der Waals surface area (Å²) in [4.78, 5) is 19.8. The molecule has 0 saturated heterocycles. The first-order valence-electron chi connectivity index (χ1n) is 7.43. The number of aryl methyl sites for hydroxylation is 1. The van der Waals surface area contributed by atoms with Crippen LogP contribution in [0.25, 0.3) is 0 Å². The summed E-state index contributed by atoms with van der Waals surface area (Å²) in [6.45, 7) is 9.99. The summed E-state index contributed by atoms with van der Waals surface area (Å²) >= 11 is 1.68. The number of nitrogens with zero attached hydrogens (tertiary/aromatic N) is 2. The molecular formula is C15H25N3OS. The first-order valence-corrected chi connectivity index (χ1v) is 8.25. The molecule has 5 heteroatoms. The number of hydrogen-bond acceptors (Lipinski definition) is 3. The second-order valence-electron chi connectivity index (χ2n) is 6.24. The van der Waals surface area contributed by atoms with Gasteiger partial charge in [-0.1, -0.05) is 20.8 Å². The van der Waals surface area contributed by atoms with Gasteiger partial charge in [-0.2, -0.15) is 0 Å². The number of amides is 2. The van der Waals surface area contributed by atoms with Gasteiger partial charge in [0.1, 0.15) is 5.01 Å². The number of hydrogen-bond donors (Lipinski definition) is 1. The fourth-order valence-electron chi connectivity index (χ4n) is 2.85. The van der Waals surface area contributed by atoms with Gasteiger partial charge in [0.25, 0.3) is 0 Å². The van der Waals surface area contributed by atoms with Crippen LogP contribution in [0.5, 0.6) is 0 Å². The van der Waals surface area contributed by atoms with Crippen LogP contribution in [0.2, 0.25) is 0 Å². The molecular weight excluding hydrogens is 270 g/mol. The van der Waals surface area contributed by atoms with Crippen molar-refractivity contribution in [2.45, 2.75) is 59.5 Å². The van der Waals surface area contributed by atoms with Crippen molar-refractivity contribution in [1.29, 1.82) is 0 Å². The minimum absolute atomic E-state index is 0.0428. The Balaban J connectivity index is 1.83. The van der Waals surface area contributed by atoms with Crippen LogP contribution >= 0.6 is 11.3 Å². The third kappa shape index (κ3) is 3.51. The van der Waals surface area contributed by atoms with Crippen LogP contribution in [-0.4, -0.2) is 28.5 Å². The monoisotopic (exact) mass is 295 g/mol. The Bertz CT molecular complexity index is 461. The average Bonchev–Trinajstić information content (AvgIpc) is 2.83. The molecule has 0 aromatic carbocycles. The topological polar surface area (TPSA) is 45.2 Å². The Kier molecular flexibility index (Phi) is 4.68. The molecule has 1 N–H and O–H groups in total. The van der Waals surface area contributed by atoms with E-state index in [1.165, 1.54) is 4.88 Å². The highest BCUT2D eigenvalue weighted by Gasteiger charge is 2.40. The molecule has 4 nitrogen and oxygen atoms in total. The van der Waals surface area contributed by atoms with Crippen LogP contribution in [0.1, 0.15) is 50.4 Å². The van der Waals surface area contributed by atoms with E-state index in [0.29, 0.717) is 18.0 Å². The van der Waals surface area contributed by atoms with Crippen LogP contribution in [0, 0.1) is 5.41 Å². The summed E-state index contributed by atoms with van der Waals surface area (Å²) < 4.78 is 0. The maximum absolute atomic E-state index is 12.3. The Morgan fingerprint density at radius 3 is 2.70 bits per heavy atom. The van der Waals surface area contributed by atoms with Gasteiger partial charge in [-0.05, 0) is 31.6 Å². The fourth-order valence-corrected chi connectivity index (χ4v) is 3.65. The lowest BCUT2D eigenvalue weighted by molar-refractivity contribution is 0.0497. The molecule has 0 aliphatic heterocycles. The predicted octanol–water partition coefficient (Wildman–Crippen LogP) is 3.43. The maximum atomic E-state index is 12.3.